The van der Waals surface area contributed by atoms with E-state index in [-0.39, 0.29) is 30.8 Å². The van der Waals surface area contributed by atoms with E-state index in [9.17, 15) is 9.59 Å². The zero-order valence-corrected chi connectivity index (χ0v) is 10.1. The molecule has 0 aromatic heterocycles. The van der Waals surface area contributed by atoms with Crippen LogP contribution in [-0.4, -0.2) is 19.0 Å². The Labute approximate surface area is 101 Å². The molecule has 0 saturated carbocycles. The maximum atomic E-state index is 11.5. The minimum atomic E-state index is -0.368. The summed E-state index contributed by atoms with van der Waals surface area (Å²) in [5.41, 5.74) is 1.04. The van der Waals surface area contributed by atoms with E-state index in [0.717, 1.165) is 5.56 Å². The van der Waals surface area contributed by atoms with E-state index >= 15 is 0 Å². The number of nitrogens with one attached hydrogen (secondary N) is 1. The van der Waals surface area contributed by atoms with Crippen molar-refractivity contribution in [1.82, 2.24) is 5.32 Å². The molecule has 0 saturated heterocycles. The van der Waals surface area contributed by atoms with Gasteiger partial charge in [0.25, 0.3) is 0 Å². The largest absolute Gasteiger partial charge is 0.469 e. The lowest BCUT2D eigenvalue weighted by Gasteiger charge is -2.13. The highest BCUT2D eigenvalue weighted by Gasteiger charge is 2.10. The van der Waals surface area contributed by atoms with Gasteiger partial charge in [0.2, 0.25) is 5.91 Å². The lowest BCUT2D eigenvalue weighted by molar-refractivity contribution is -0.142. The molecule has 0 spiro atoms. The molecule has 0 aliphatic heterocycles. The minimum absolute atomic E-state index is 0.0543. The van der Waals surface area contributed by atoms with E-state index in [0.29, 0.717) is 0 Å². The van der Waals surface area contributed by atoms with Gasteiger partial charge in [0.1, 0.15) is 0 Å². The van der Waals surface area contributed by atoms with Crippen molar-refractivity contribution in [2.24, 2.45) is 0 Å². The van der Waals surface area contributed by atoms with Crippen LogP contribution in [0.1, 0.15) is 31.4 Å². The Morgan fingerprint density at radius 3 is 2.47 bits per heavy atom. The van der Waals surface area contributed by atoms with Crippen LogP contribution >= 0.6 is 0 Å². The van der Waals surface area contributed by atoms with E-state index in [2.05, 4.69) is 10.1 Å². The van der Waals surface area contributed by atoms with Crippen molar-refractivity contribution in [3.05, 3.63) is 35.9 Å². The zero-order chi connectivity index (χ0) is 12.7. The fourth-order valence-corrected chi connectivity index (χ4v) is 1.46. The minimum Gasteiger partial charge on any atom is -0.469 e. The first kappa shape index (κ1) is 13.2. The summed E-state index contributed by atoms with van der Waals surface area (Å²) < 4.78 is 4.47. The smallest absolute Gasteiger partial charge is 0.306 e. The molecule has 1 aromatic carbocycles. The number of ether oxygens (including phenoxy) is 1. The molecule has 1 aromatic rings. The second-order valence-corrected chi connectivity index (χ2v) is 3.78. The lowest BCUT2D eigenvalue weighted by Crippen LogP contribution is -2.27. The van der Waals surface area contributed by atoms with E-state index in [1.165, 1.54) is 7.11 Å². The SMILES string of the molecule is COC(=O)CCC(=O)N[C@H](C)c1ccccc1. The Hall–Kier alpha value is -1.84. The summed E-state index contributed by atoms with van der Waals surface area (Å²) in [7, 11) is 1.31. The average Bonchev–Trinajstić information content (AvgIpc) is 2.36. The van der Waals surface area contributed by atoms with Crippen molar-refractivity contribution in [3.63, 3.8) is 0 Å². The highest BCUT2D eigenvalue weighted by atomic mass is 16.5. The number of carbonyl (C=O) groups excluding carboxylic acids is 2. The molecule has 92 valence electrons. The summed E-state index contributed by atoms with van der Waals surface area (Å²) in [5, 5.41) is 2.83. The van der Waals surface area contributed by atoms with Gasteiger partial charge >= 0.3 is 5.97 Å². The van der Waals surface area contributed by atoms with E-state index in [1.807, 2.05) is 37.3 Å². The first-order valence-corrected chi connectivity index (χ1v) is 5.54. The number of benzene rings is 1. The third-order valence-electron chi connectivity index (χ3n) is 2.46. The van der Waals surface area contributed by atoms with Crippen LogP contribution in [0.25, 0.3) is 0 Å². The van der Waals surface area contributed by atoms with Crippen molar-refractivity contribution in [1.29, 1.82) is 0 Å². The number of methoxy groups -OCH3 is 1. The number of esters is 1. The summed E-state index contributed by atoms with van der Waals surface area (Å²) in [5.74, 6) is -0.515. The van der Waals surface area contributed by atoms with Crippen molar-refractivity contribution >= 4 is 11.9 Å². The quantitative estimate of drug-likeness (QED) is 0.792. The van der Waals surface area contributed by atoms with Gasteiger partial charge in [-0.1, -0.05) is 30.3 Å². The molecule has 0 radical (unpaired) electrons. The molecule has 4 heteroatoms. The van der Waals surface area contributed by atoms with Crippen LogP contribution in [-0.2, 0) is 14.3 Å². The summed E-state index contributed by atoms with van der Waals surface area (Å²) in [4.78, 5) is 22.4. The van der Waals surface area contributed by atoms with Gasteiger partial charge in [0.05, 0.1) is 19.6 Å². The number of hydrogen-bond acceptors (Lipinski definition) is 3. The molecule has 1 amide bonds. The zero-order valence-electron chi connectivity index (χ0n) is 10.1. The third-order valence-corrected chi connectivity index (χ3v) is 2.46. The number of amides is 1. The molecule has 0 aliphatic rings. The maximum absolute atomic E-state index is 11.5. The van der Waals surface area contributed by atoms with Crippen LogP contribution in [0, 0.1) is 0 Å². The fourth-order valence-electron chi connectivity index (χ4n) is 1.46. The lowest BCUT2D eigenvalue weighted by atomic mass is 10.1. The van der Waals surface area contributed by atoms with Crippen LogP contribution < -0.4 is 5.32 Å². The number of carbonyl (C=O) groups is 2. The number of hydrogen-bond donors (Lipinski definition) is 1. The van der Waals surface area contributed by atoms with Crippen LogP contribution in [0.3, 0.4) is 0 Å². The Morgan fingerprint density at radius 2 is 1.88 bits per heavy atom. The van der Waals surface area contributed by atoms with Crippen LogP contribution in [0.15, 0.2) is 30.3 Å². The van der Waals surface area contributed by atoms with Gasteiger partial charge in [-0.2, -0.15) is 0 Å². The molecular formula is C13H17NO3. The van der Waals surface area contributed by atoms with E-state index in [1.54, 1.807) is 0 Å². The highest BCUT2D eigenvalue weighted by Crippen LogP contribution is 2.11. The van der Waals surface area contributed by atoms with Gasteiger partial charge in [0.15, 0.2) is 0 Å². The van der Waals surface area contributed by atoms with Gasteiger partial charge < -0.3 is 10.1 Å². The molecule has 0 bridgehead atoms. The summed E-state index contributed by atoms with van der Waals surface area (Å²) in [6.07, 6.45) is 0.272. The molecular weight excluding hydrogens is 218 g/mol. The van der Waals surface area contributed by atoms with Crippen LogP contribution in [0.5, 0.6) is 0 Å². The summed E-state index contributed by atoms with van der Waals surface area (Å²) >= 11 is 0. The first-order chi connectivity index (χ1) is 8.13. The van der Waals surface area contributed by atoms with E-state index < -0.39 is 0 Å². The molecule has 0 fully saturated rings. The topological polar surface area (TPSA) is 55.4 Å². The molecule has 17 heavy (non-hydrogen) atoms. The molecule has 4 nitrogen and oxygen atoms in total. The number of rotatable bonds is 5. The molecule has 0 heterocycles. The Balaban J connectivity index is 2.39. The van der Waals surface area contributed by atoms with Crippen LogP contribution in [0.4, 0.5) is 0 Å². The molecule has 1 N–H and O–H groups in total. The maximum Gasteiger partial charge on any atom is 0.306 e. The van der Waals surface area contributed by atoms with Crippen molar-refractivity contribution in [2.75, 3.05) is 7.11 Å². The summed E-state index contributed by atoms with van der Waals surface area (Å²) in [6.45, 7) is 1.91. The fraction of sp³-hybridized carbons (Fsp3) is 0.385. The molecule has 1 atom stereocenters. The predicted octanol–water partition coefficient (Wildman–Crippen LogP) is 1.82. The highest BCUT2D eigenvalue weighted by molar-refractivity contribution is 5.81. The van der Waals surface area contributed by atoms with Crippen molar-refractivity contribution < 1.29 is 14.3 Å². The second-order valence-electron chi connectivity index (χ2n) is 3.78. The Morgan fingerprint density at radius 1 is 1.24 bits per heavy atom. The predicted molar refractivity (Wildman–Crippen MR) is 64.2 cm³/mol. The molecule has 1 rings (SSSR count). The van der Waals surface area contributed by atoms with Gasteiger partial charge in [-0.3, -0.25) is 9.59 Å². The first-order valence-electron chi connectivity index (χ1n) is 5.54. The van der Waals surface area contributed by atoms with E-state index in [4.69, 9.17) is 0 Å². The molecule has 0 unspecified atom stereocenters. The average molecular weight is 235 g/mol. The van der Waals surface area contributed by atoms with Crippen molar-refractivity contribution in [3.8, 4) is 0 Å². The molecule has 0 aliphatic carbocycles. The van der Waals surface area contributed by atoms with Gasteiger partial charge in [-0.15, -0.1) is 0 Å². The van der Waals surface area contributed by atoms with Crippen molar-refractivity contribution in [2.45, 2.75) is 25.8 Å². The monoisotopic (exact) mass is 235 g/mol. The normalized spacial score (nSPS) is 11.6. The standard InChI is InChI=1S/C13H17NO3/c1-10(11-6-4-3-5-7-11)14-12(15)8-9-13(16)17-2/h3-7,10H,8-9H2,1-2H3,(H,14,15)/t10-/m1/s1. The van der Waals surface area contributed by atoms with Gasteiger partial charge in [0, 0.05) is 6.42 Å². The third kappa shape index (κ3) is 4.68. The summed E-state index contributed by atoms with van der Waals surface area (Å²) in [6, 6.07) is 9.62. The Kier molecular flexibility index (Phi) is 5.20. The van der Waals surface area contributed by atoms with Gasteiger partial charge in [-0.25, -0.2) is 0 Å². The Bertz CT molecular complexity index is 376. The van der Waals surface area contributed by atoms with Gasteiger partial charge in [-0.05, 0) is 12.5 Å². The van der Waals surface area contributed by atoms with Crippen LogP contribution in [0.2, 0.25) is 0 Å². The second kappa shape index (κ2) is 6.68.